The zero-order chi connectivity index (χ0) is 15.4. The number of carbonyl (C=O) groups is 1. The lowest BCUT2D eigenvalue weighted by molar-refractivity contribution is 0.0689. The Morgan fingerprint density at radius 3 is 2.52 bits per heavy atom. The highest BCUT2D eigenvalue weighted by molar-refractivity contribution is 5.86. The first-order valence-corrected chi connectivity index (χ1v) is 6.83. The van der Waals surface area contributed by atoms with Crippen LogP contribution in [0.5, 0.6) is 0 Å². The predicted octanol–water partition coefficient (Wildman–Crippen LogP) is 2.65. The van der Waals surface area contributed by atoms with Crippen LogP contribution in [0.2, 0.25) is 0 Å². The Hall–Kier alpha value is -2.43. The Labute approximate surface area is 123 Å². The van der Waals surface area contributed by atoms with Crippen LogP contribution in [-0.4, -0.2) is 26.1 Å². The molecule has 5 heteroatoms. The van der Waals surface area contributed by atoms with Crippen molar-refractivity contribution in [3.05, 3.63) is 58.9 Å². The number of aromatic carboxylic acids is 1. The van der Waals surface area contributed by atoms with Gasteiger partial charge in [-0.3, -0.25) is 0 Å². The van der Waals surface area contributed by atoms with Gasteiger partial charge in [0.2, 0.25) is 0 Å². The number of hydrogen-bond donors (Lipinski definition) is 1. The van der Waals surface area contributed by atoms with Crippen molar-refractivity contribution in [2.75, 3.05) is 0 Å². The van der Waals surface area contributed by atoms with Gasteiger partial charge >= 0.3 is 5.97 Å². The number of aryl methyl sites for hydroxylation is 2. The van der Waals surface area contributed by atoms with Crippen molar-refractivity contribution in [2.45, 2.75) is 33.2 Å². The molecule has 0 saturated carbocycles. The number of carboxylic acid groups (broad SMARTS) is 1. The molecule has 0 bridgehead atoms. The van der Waals surface area contributed by atoms with Crippen molar-refractivity contribution < 1.29 is 9.90 Å². The molecule has 0 radical (unpaired) electrons. The minimum absolute atomic E-state index is 0.0309. The number of hydrogen-bond acceptors (Lipinski definition) is 3. The van der Waals surface area contributed by atoms with Gasteiger partial charge in [-0.25, -0.2) is 9.48 Å². The smallest absolute Gasteiger partial charge is 0.358 e. The molecule has 1 N–H and O–H groups in total. The summed E-state index contributed by atoms with van der Waals surface area (Å²) in [5.41, 5.74) is 3.96. The van der Waals surface area contributed by atoms with Crippen LogP contribution in [0.4, 0.5) is 0 Å². The van der Waals surface area contributed by atoms with Gasteiger partial charge in [0.05, 0.1) is 12.2 Å². The maximum atomic E-state index is 11.2. The van der Waals surface area contributed by atoms with E-state index in [9.17, 15) is 9.90 Å². The van der Waals surface area contributed by atoms with Crippen molar-refractivity contribution >= 4 is 5.97 Å². The van der Waals surface area contributed by atoms with Gasteiger partial charge in [-0.1, -0.05) is 47.2 Å². The van der Waals surface area contributed by atoms with E-state index < -0.39 is 5.97 Å². The second kappa shape index (κ2) is 6.35. The second-order valence-electron chi connectivity index (χ2n) is 5.29. The lowest BCUT2D eigenvalue weighted by Gasteiger charge is -2.07. The van der Waals surface area contributed by atoms with Gasteiger partial charge in [-0.05, 0) is 32.3 Å². The second-order valence-corrected chi connectivity index (χ2v) is 5.29. The van der Waals surface area contributed by atoms with Crippen LogP contribution in [0.25, 0.3) is 0 Å². The van der Waals surface area contributed by atoms with Gasteiger partial charge < -0.3 is 5.11 Å². The summed E-state index contributed by atoms with van der Waals surface area (Å²) in [7, 11) is 0. The summed E-state index contributed by atoms with van der Waals surface area (Å²) in [6, 6.07) is 8.22. The third-order valence-electron chi connectivity index (χ3n) is 3.23. The molecule has 0 unspecified atom stereocenters. The van der Waals surface area contributed by atoms with Crippen LogP contribution in [0.3, 0.4) is 0 Å². The Bertz CT molecular complexity index is 657. The highest BCUT2D eigenvalue weighted by atomic mass is 16.4. The van der Waals surface area contributed by atoms with Crippen molar-refractivity contribution in [3.63, 3.8) is 0 Å². The first kappa shape index (κ1) is 15.0. The van der Waals surface area contributed by atoms with Crippen molar-refractivity contribution in [1.82, 2.24) is 15.0 Å². The molecule has 2 aromatic rings. The van der Waals surface area contributed by atoms with E-state index in [0.717, 1.165) is 12.0 Å². The average molecular weight is 285 g/mol. The fourth-order valence-electron chi connectivity index (χ4n) is 2.15. The molecule has 0 amide bonds. The van der Waals surface area contributed by atoms with Gasteiger partial charge in [0, 0.05) is 0 Å². The fourth-order valence-corrected chi connectivity index (χ4v) is 2.15. The summed E-state index contributed by atoms with van der Waals surface area (Å²) in [5, 5.41) is 16.9. The largest absolute Gasteiger partial charge is 0.476 e. The summed E-state index contributed by atoms with van der Waals surface area (Å²) >= 11 is 0. The van der Waals surface area contributed by atoms with Gasteiger partial charge in [0.25, 0.3) is 0 Å². The summed E-state index contributed by atoms with van der Waals surface area (Å²) in [6.45, 7) is 8.25. The maximum Gasteiger partial charge on any atom is 0.358 e. The molecule has 2 rings (SSSR count). The molecule has 0 aliphatic carbocycles. The molecular weight excluding hydrogens is 266 g/mol. The van der Waals surface area contributed by atoms with Crippen molar-refractivity contribution in [2.24, 2.45) is 0 Å². The normalized spacial score (nSPS) is 10.6. The van der Waals surface area contributed by atoms with E-state index in [0.29, 0.717) is 18.7 Å². The first-order chi connectivity index (χ1) is 9.97. The Balaban J connectivity index is 2.20. The van der Waals surface area contributed by atoms with E-state index in [1.165, 1.54) is 11.1 Å². The highest BCUT2D eigenvalue weighted by Crippen LogP contribution is 2.13. The van der Waals surface area contributed by atoms with Crippen molar-refractivity contribution in [3.8, 4) is 0 Å². The quantitative estimate of drug-likeness (QED) is 0.828. The van der Waals surface area contributed by atoms with Crippen LogP contribution < -0.4 is 0 Å². The summed E-state index contributed by atoms with van der Waals surface area (Å²) in [4.78, 5) is 11.2. The number of rotatable bonds is 6. The number of carboxylic acids is 1. The number of aromatic nitrogens is 3. The van der Waals surface area contributed by atoms with E-state index in [1.54, 1.807) is 4.68 Å². The standard InChI is InChI=1S/C16H19N3O2/c1-11(2)10-19-14(15(16(20)21)17-18-19)9-8-13-6-4-12(3)5-7-13/h4-7H,1,8-10H2,2-3H3,(H,20,21). The summed E-state index contributed by atoms with van der Waals surface area (Å²) in [5.74, 6) is -1.04. The third-order valence-corrected chi connectivity index (χ3v) is 3.23. The molecule has 21 heavy (non-hydrogen) atoms. The van der Waals surface area contributed by atoms with Crippen LogP contribution >= 0.6 is 0 Å². The number of benzene rings is 1. The lowest BCUT2D eigenvalue weighted by atomic mass is 10.1. The molecule has 0 spiro atoms. The van der Waals surface area contributed by atoms with E-state index in [2.05, 4.69) is 41.2 Å². The minimum Gasteiger partial charge on any atom is -0.476 e. The topological polar surface area (TPSA) is 68.0 Å². The molecule has 0 atom stereocenters. The minimum atomic E-state index is -1.04. The van der Waals surface area contributed by atoms with Gasteiger partial charge in [-0.2, -0.15) is 0 Å². The van der Waals surface area contributed by atoms with Crippen molar-refractivity contribution in [1.29, 1.82) is 0 Å². The van der Waals surface area contributed by atoms with Crippen LogP contribution in [0.15, 0.2) is 36.4 Å². The SMILES string of the molecule is C=C(C)Cn1nnc(C(=O)O)c1CCc1ccc(C)cc1. The van der Waals surface area contributed by atoms with E-state index in [4.69, 9.17) is 0 Å². The maximum absolute atomic E-state index is 11.2. The molecule has 0 fully saturated rings. The summed E-state index contributed by atoms with van der Waals surface area (Å²) < 4.78 is 1.62. The number of allylic oxidation sites excluding steroid dienone is 1. The lowest BCUT2D eigenvalue weighted by Crippen LogP contribution is -2.10. The zero-order valence-corrected chi connectivity index (χ0v) is 12.3. The highest BCUT2D eigenvalue weighted by Gasteiger charge is 2.18. The third kappa shape index (κ3) is 3.78. The van der Waals surface area contributed by atoms with Gasteiger partial charge in [0.15, 0.2) is 5.69 Å². The monoisotopic (exact) mass is 285 g/mol. The Morgan fingerprint density at radius 2 is 1.95 bits per heavy atom. The first-order valence-electron chi connectivity index (χ1n) is 6.83. The molecule has 1 heterocycles. The van der Waals surface area contributed by atoms with Crippen LogP contribution in [-0.2, 0) is 19.4 Å². The van der Waals surface area contributed by atoms with E-state index in [1.807, 2.05) is 13.8 Å². The Morgan fingerprint density at radius 1 is 1.29 bits per heavy atom. The molecule has 1 aromatic carbocycles. The number of nitrogens with zero attached hydrogens (tertiary/aromatic N) is 3. The van der Waals surface area contributed by atoms with E-state index in [-0.39, 0.29) is 5.69 Å². The van der Waals surface area contributed by atoms with Gasteiger partial charge in [-0.15, -0.1) is 5.10 Å². The predicted molar refractivity (Wildman–Crippen MR) is 80.4 cm³/mol. The molecule has 0 aliphatic heterocycles. The van der Waals surface area contributed by atoms with Gasteiger partial charge in [0.1, 0.15) is 0 Å². The summed E-state index contributed by atoms with van der Waals surface area (Å²) in [6.07, 6.45) is 1.34. The molecule has 0 saturated heterocycles. The molecule has 0 aliphatic rings. The molecule has 1 aromatic heterocycles. The fraction of sp³-hybridized carbons (Fsp3) is 0.312. The molecule has 5 nitrogen and oxygen atoms in total. The van der Waals surface area contributed by atoms with Crippen LogP contribution in [0.1, 0.15) is 34.2 Å². The zero-order valence-electron chi connectivity index (χ0n) is 12.3. The molecular formula is C16H19N3O2. The Kier molecular flexibility index (Phi) is 4.52. The molecule has 110 valence electrons. The van der Waals surface area contributed by atoms with Crippen LogP contribution in [0, 0.1) is 6.92 Å². The van der Waals surface area contributed by atoms with E-state index >= 15 is 0 Å². The average Bonchev–Trinajstić information content (AvgIpc) is 2.80.